The van der Waals surface area contributed by atoms with Crippen molar-refractivity contribution in [3.05, 3.63) is 139 Å². The molecule has 4 heteroatoms. The third-order valence-electron chi connectivity index (χ3n) is 7.11. The van der Waals surface area contributed by atoms with Gasteiger partial charge in [-0.05, 0) is 79.7 Å². The van der Waals surface area contributed by atoms with E-state index in [1.807, 2.05) is 24.4 Å². The van der Waals surface area contributed by atoms with Crippen LogP contribution in [0.4, 0.5) is 0 Å². The van der Waals surface area contributed by atoms with Gasteiger partial charge in [-0.2, -0.15) is 0 Å². The van der Waals surface area contributed by atoms with Crippen molar-refractivity contribution >= 4 is 33.1 Å². The zero-order valence-electron chi connectivity index (χ0n) is 20.9. The quantitative estimate of drug-likeness (QED) is 0.172. The summed E-state index contributed by atoms with van der Waals surface area (Å²) in [7, 11) is 0. The van der Waals surface area contributed by atoms with Gasteiger partial charge in [-0.1, -0.05) is 97.1 Å². The van der Waals surface area contributed by atoms with E-state index in [1.54, 1.807) is 6.20 Å². The Balaban J connectivity index is 1.30. The Morgan fingerprint density at radius 1 is 0.462 bits per heavy atom. The fourth-order valence-electron chi connectivity index (χ4n) is 5.22. The average molecular weight is 520 g/mol. The molecule has 2 aromatic heterocycles. The lowest BCUT2D eigenvalue weighted by Crippen LogP contribution is -1.93. The first-order valence-electron chi connectivity index (χ1n) is 12.8. The largest absolute Gasteiger partial charge is 0.264 e. The lowest BCUT2D eigenvalue weighted by atomic mass is 9.92. The Bertz CT molecular complexity index is 1970. The van der Waals surface area contributed by atoms with Crippen molar-refractivity contribution in [2.24, 2.45) is 0 Å². The highest BCUT2D eigenvalue weighted by atomic mass is 35.5. The number of fused-ring (bicyclic) bond motifs is 3. The molecule has 2 heterocycles. The van der Waals surface area contributed by atoms with E-state index in [4.69, 9.17) is 11.6 Å². The molecule has 0 atom stereocenters. The number of pyridine rings is 1. The molecule has 7 rings (SSSR count). The molecule has 0 spiro atoms. The predicted octanol–water partition coefficient (Wildman–Crippen LogP) is 9.50. The van der Waals surface area contributed by atoms with Gasteiger partial charge in [0.15, 0.2) is 0 Å². The van der Waals surface area contributed by atoms with Gasteiger partial charge in [-0.3, -0.25) is 4.98 Å². The molecule has 3 nitrogen and oxygen atoms in total. The summed E-state index contributed by atoms with van der Waals surface area (Å²) in [5.74, 6) is 0. The second-order valence-corrected chi connectivity index (χ2v) is 9.84. The topological polar surface area (TPSA) is 38.7 Å². The summed E-state index contributed by atoms with van der Waals surface area (Å²) in [5, 5.41) is 5.18. The number of rotatable bonds is 4. The summed E-state index contributed by atoms with van der Waals surface area (Å²) in [6.45, 7) is 0. The molecule has 0 radical (unpaired) electrons. The number of hydrogen-bond acceptors (Lipinski definition) is 3. The molecule has 0 aliphatic heterocycles. The molecule has 0 unspecified atom stereocenters. The molecule has 5 aromatic carbocycles. The van der Waals surface area contributed by atoms with Gasteiger partial charge in [0, 0.05) is 23.5 Å². The number of aromatic nitrogens is 3. The van der Waals surface area contributed by atoms with Crippen LogP contribution in [-0.2, 0) is 0 Å². The van der Waals surface area contributed by atoms with Gasteiger partial charge in [0.25, 0.3) is 0 Å². The molecular weight excluding hydrogens is 498 g/mol. The van der Waals surface area contributed by atoms with E-state index in [2.05, 4.69) is 118 Å². The van der Waals surface area contributed by atoms with Gasteiger partial charge in [0.05, 0.1) is 11.4 Å². The van der Waals surface area contributed by atoms with E-state index >= 15 is 0 Å². The smallest absolute Gasteiger partial charge is 0.223 e. The maximum Gasteiger partial charge on any atom is 0.223 e. The minimum absolute atomic E-state index is 0.223. The molecule has 0 aliphatic carbocycles. The lowest BCUT2D eigenvalue weighted by Gasteiger charge is -2.12. The Morgan fingerprint density at radius 2 is 1.13 bits per heavy atom. The molecule has 0 amide bonds. The standard InChI is InChI=1S/C35H22ClN3/c36-35-38-33(24-16-14-23(15-17-24)28-10-6-18-37-22-28)21-34(39-35)27-9-5-8-25(19-27)32-20-26-7-1-2-11-29(26)30-12-3-4-13-31(30)32/h1-22H. The second-order valence-electron chi connectivity index (χ2n) is 9.50. The van der Waals surface area contributed by atoms with Crippen molar-refractivity contribution < 1.29 is 0 Å². The first-order valence-corrected chi connectivity index (χ1v) is 13.2. The Labute approximate surface area is 231 Å². The molecule has 0 aliphatic rings. The molecule has 0 saturated carbocycles. The van der Waals surface area contributed by atoms with Crippen LogP contribution in [0, 0.1) is 0 Å². The van der Waals surface area contributed by atoms with Crippen molar-refractivity contribution in [2.75, 3.05) is 0 Å². The summed E-state index contributed by atoms with van der Waals surface area (Å²) < 4.78 is 0. The first kappa shape index (κ1) is 23.3. The van der Waals surface area contributed by atoms with E-state index < -0.39 is 0 Å². The SMILES string of the molecule is Clc1nc(-c2ccc(-c3cccnc3)cc2)cc(-c2cccc(-c3cc4ccccc4c4ccccc34)c2)n1. The zero-order valence-corrected chi connectivity index (χ0v) is 21.7. The van der Waals surface area contributed by atoms with Crippen LogP contribution in [0.5, 0.6) is 0 Å². The van der Waals surface area contributed by atoms with Crippen molar-refractivity contribution in [1.29, 1.82) is 0 Å². The van der Waals surface area contributed by atoms with Gasteiger partial charge in [0.1, 0.15) is 0 Å². The van der Waals surface area contributed by atoms with Crippen LogP contribution in [-0.4, -0.2) is 15.0 Å². The number of nitrogens with zero attached hydrogens (tertiary/aromatic N) is 3. The second kappa shape index (κ2) is 9.79. The van der Waals surface area contributed by atoms with Crippen LogP contribution in [0.2, 0.25) is 5.28 Å². The number of hydrogen-bond donors (Lipinski definition) is 0. The minimum Gasteiger partial charge on any atom is -0.264 e. The lowest BCUT2D eigenvalue weighted by molar-refractivity contribution is 1.18. The van der Waals surface area contributed by atoms with Gasteiger partial charge in [0.2, 0.25) is 5.28 Å². The highest BCUT2D eigenvalue weighted by Crippen LogP contribution is 2.36. The van der Waals surface area contributed by atoms with Crippen LogP contribution >= 0.6 is 11.6 Å². The molecule has 184 valence electrons. The van der Waals surface area contributed by atoms with Crippen LogP contribution in [0.25, 0.3) is 66.3 Å². The van der Waals surface area contributed by atoms with Gasteiger partial charge in [-0.25, -0.2) is 9.97 Å². The average Bonchev–Trinajstić information content (AvgIpc) is 3.01. The fourth-order valence-corrected chi connectivity index (χ4v) is 5.40. The Hall–Kier alpha value is -4.86. The molecule has 0 saturated heterocycles. The highest BCUT2D eigenvalue weighted by Gasteiger charge is 2.12. The Kier molecular flexibility index (Phi) is 5.84. The normalized spacial score (nSPS) is 11.2. The summed E-state index contributed by atoms with van der Waals surface area (Å²) in [6.07, 6.45) is 3.64. The van der Waals surface area contributed by atoms with E-state index in [0.29, 0.717) is 0 Å². The van der Waals surface area contributed by atoms with Crippen molar-refractivity contribution in [2.45, 2.75) is 0 Å². The van der Waals surface area contributed by atoms with E-state index in [0.717, 1.165) is 39.2 Å². The van der Waals surface area contributed by atoms with Crippen LogP contribution in [0.1, 0.15) is 0 Å². The highest BCUT2D eigenvalue weighted by molar-refractivity contribution is 6.28. The molecule has 0 bridgehead atoms. The van der Waals surface area contributed by atoms with Crippen LogP contribution in [0.15, 0.2) is 134 Å². The van der Waals surface area contributed by atoms with E-state index in [-0.39, 0.29) is 5.28 Å². The van der Waals surface area contributed by atoms with Crippen LogP contribution < -0.4 is 0 Å². The predicted molar refractivity (Wildman–Crippen MR) is 162 cm³/mol. The maximum atomic E-state index is 6.45. The van der Waals surface area contributed by atoms with E-state index in [9.17, 15) is 0 Å². The van der Waals surface area contributed by atoms with E-state index in [1.165, 1.54) is 27.1 Å². The van der Waals surface area contributed by atoms with Crippen molar-refractivity contribution in [1.82, 2.24) is 15.0 Å². The molecule has 7 aromatic rings. The number of benzene rings is 5. The van der Waals surface area contributed by atoms with Gasteiger partial charge in [-0.15, -0.1) is 0 Å². The monoisotopic (exact) mass is 519 g/mol. The van der Waals surface area contributed by atoms with Gasteiger partial charge >= 0.3 is 0 Å². The van der Waals surface area contributed by atoms with Crippen LogP contribution in [0.3, 0.4) is 0 Å². The third-order valence-corrected chi connectivity index (χ3v) is 7.28. The minimum atomic E-state index is 0.223. The third kappa shape index (κ3) is 4.43. The summed E-state index contributed by atoms with van der Waals surface area (Å²) in [5.41, 5.74) is 8.03. The summed E-state index contributed by atoms with van der Waals surface area (Å²) in [6, 6.07) is 42.1. The number of halogens is 1. The zero-order chi connectivity index (χ0) is 26.2. The maximum absolute atomic E-state index is 6.45. The Morgan fingerprint density at radius 3 is 1.92 bits per heavy atom. The fraction of sp³-hybridized carbons (Fsp3) is 0. The summed E-state index contributed by atoms with van der Waals surface area (Å²) in [4.78, 5) is 13.3. The molecule has 39 heavy (non-hydrogen) atoms. The van der Waals surface area contributed by atoms with Gasteiger partial charge < -0.3 is 0 Å². The molecular formula is C35H22ClN3. The van der Waals surface area contributed by atoms with Crippen molar-refractivity contribution in [3.8, 4) is 44.8 Å². The van der Waals surface area contributed by atoms with Crippen molar-refractivity contribution in [3.63, 3.8) is 0 Å². The summed E-state index contributed by atoms with van der Waals surface area (Å²) >= 11 is 6.45. The first-order chi connectivity index (χ1) is 19.2. The molecule has 0 N–H and O–H groups in total. The molecule has 0 fully saturated rings.